The molecule has 0 bridgehead atoms. The Balaban J connectivity index is 1.25. The van der Waals surface area contributed by atoms with Gasteiger partial charge in [-0.2, -0.15) is 14.4 Å². The fourth-order valence-corrected chi connectivity index (χ4v) is 7.61. The summed E-state index contributed by atoms with van der Waals surface area (Å²) in [5.74, 6) is -0.601. The molecule has 4 saturated heterocycles. The summed E-state index contributed by atoms with van der Waals surface area (Å²) in [6, 6.07) is 4.75. The third kappa shape index (κ3) is 5.90. The van der Waals surface area contributed by atoms with E-state index in [0.29, 0.717) is 55.5 Å². The molecule has 4 atom stereocenters. The number of pyridine rings is 1. The summed E-state index contributed by atoms with van der Waals surface area (Å²) in [7, 11) is 0. The number of nitrogens with zero attached hydrogens (tertiary/aromatic N) is 6. The maximum absolute atomic E-state index is 16.6. The number of para-hydroxylation sites is 1. The lowest BCUT2D eigenvalue weighted by molar-refractivity contribution is 0.0223. The number of rotatable bonds is 8. The van der Waals surface area contributed by atoms with Crippen molar-refractivity contribution >= 4 is 29.1 Å². The first-order valence-corrected chi connectivity index (χ1v) is 16.9. The number of anilines is 1. The topological polar surface area (TPSA) is 110 Å². The van der Waals surface area contributed by atoms with Crippen LogP contribution in [-0.2, 0) is 4.74 Å². The number of aromatic nitrogens is 3. The van der Waals surface area contributed by atoms with Crippen LogP contribution in [0.1, 0.15) is 88.2 Å². The molecule has 0 aliphatic carbocycles. The molecule has 0 radical (unpaired) electrons. The van der Waals surface area contributed by atoms with Crippen molar-refractivity contribution in [1.29, 1.82) is 0 Å². The van der Waals surface area contributed by atoms with Crippen molar-refractivity contribution in [2.75, 3.05) is 37.7 Å². The zero-order valence-electron chi connectivity index (χ0n) is 27.9. The summed E-state index contributed by atoms with van der Waals surface area (Å²) in [4.78, 5) is 44.8. The van der Waals surface area contributed by atoms with Gasteiger partial charge in [0.15, 0.2) is 6.29 Å². The van der Waals surface area contributed by atoms with Crippen LogP contribution >= 0.6 is 0 Å². The molecule has 2 aromatic heterocycles. The molecule has 0 spiro atoms. The normalized spacial score (nSPS) is 25.7. The number of carbonyl (C=O) groups is 2. The van der Waals surface area contributed by atoms with Crippen molar-refractivity contribution in [3.05, 3.63) is 41.3 Å². The van der Waals surface area contributed by atoms with Crippen LogP contribution in [0.25, 0.3) is 10.9 Å². The van der Waals surface area contributed by atoms with Crippen molar-refractivity contribution in [2.24, 2.45) is 0 Å². The fourth-order valence-electron chi connectivity index (χ4n) is 7.61. The fraction of sp³-hybridized carbons (Fsp3) is 0.571. The quantitative estimate of drug-likeness (QED) is 0.251. The highest BCUT2D eigenvalue weighted by molar-refractivity contribution is 5.91. The van der Waals surface area contributed by atoms with Gasteiger partial charge in [-0.05, 0) is 72.4 Å². The minimum Gasteiger partial charge on any atom is -0.461 e. The monoisotopic (exact) mass is 664 g/mol. The Labute approximate surface area is 278 Å². The number of amides is 1. The second kappa shape index (κ2) is 12.4. The SMILES string of the molecule is C[C@H]1CCN1c1nc(Oc2c(C=O)cccc2C2CCCN2C(=O)OC(C)(C)C)c(F)c2nc(OC[C@@]34CCCN3C[C@H](F)C4)ncc12. The van der Waals surface area contributed by atoms with E-state index in [1.807, 2.05) is 4.90 Å². The number of hydrogen-bond donors (Lipinski definition) is 0. The van der Waals surface area contributed by atoms with Gasteiger partial charge in [-0.1, -0.05) is 12.1 Å². The van der Waals surface area contributed by atoms with Crippen molar-refractivity contribution in [3.63, 3.8) is 0 Å². The molecular formula is C35H42F2N6O5. The van der Waals surface area contributed by atoms with Gasteiger partial charge in [0.05, 0.1) is 22.5 Å². The van der Waals surface area contributed by atoms with E-state index in [2.05, 4.69) is 26.8 Å². The maximum Gasteiger partial charge on any atom is 0.410 e. The van der Waals surface area contributed by atoms with Crippen LogP contribution in [0.3, 0.4) is 0 Å². The molecule has 1 aromatic carbocycles. The van der Waals surface area contributed by atoms with Crippen LogP contribution in [0.4, 0.5) is 19.4 Å². The first-order chi connectivity index (χ1) is 23.0. The van der Waals surface area contributed by atoms with E-state index in [1.54, 1.807) is 43.9 Å². The van der Waals surface area contributed by atoms with Gasteiger partial charge in [0.2, 0.25) is 5.82 Å². The third-order valence-electron chi connectivity index (χ3n) is 10.1. The number of halogens is 2. The third-order valence-corrected chi connectivity index (χ3v) is 10.1. The van der Waals surface area contributed by atoms with E-state index in [0.717, 1.165) is 32.2 Å². The molecule has 256 valence electrons. The zero-order valence-corrected chi connectivity index (χ0v) is 27.9. The Bertz CT molecular complexity index is 1740. The van der Waals surface area contributed by atoms with Gasteiger partial charge in [-0.25, -0.2) is 14.2 Å². The Kier molecular flexibility index (Phi) is 8.37. The highest BCUT2D eigenvalue weighted by atomic mass is 19.1. The van der Waals surface area contributed by atoms with Crippen LogP contribution in [0.15, 0.2) is 24.4 Å². The smallest absolute Gasteiger partial charge is 0.410 e. The van der Waals surface area contributed by atoms with E-state index in [9.17, 15) is 14.0 Å². The summed E-state index contributed by atoms with van der Waals surface area (Å²) in [6.45, 7) is 10.1. The van der Waals surface area contributed by atoms with Gasteiger partial charge in [0, 0.05) is 43.9 Å². The number of ether oxygens (including phenoxy) is 3. The number of benzene rings is 1. The van der Waals surface area contributed by atoms with Crippen LogP contribution in [0.5, 0.6) is 17.6 Å². The molecule has 0 saturated carbocycles. The van der Waals surface area contributed by atoms with Gasteiger partial charge >= 0.3 is 12.1 Å². The predicted molar refractivity (Wildman–Crippen MR) is 174 cm³/mol. The van der Waals surface area contributed by atoms with Gasteiger partial charge in [-0.3, -0.25) is 9.69 Å². The standard InChI is InChI=1S/C35H42F2N6O5/c1-21-11-15-42(21)30-25-17-38-32(46-20-35-12-7-13-41(35)18-23(36)16-35)39-28(25)27(37)31(40-30)47-29-22(19-44)8-5-9-24(29)26-10-6-14-43(26)33(45)48-34(2,3)4/h5,8-9,17,19,21,23,26H,6-7,10-16,18,20H2,1-4H3/t21-,23+,26?,35-/m0/s1. The molecule has 6 heterocycles. The highest BCUT2D eigenvalue weighted by Crippen LogP contribution is 2.44. The maximum atomic E-state index is 16.6. The van der Waals surface area contributed by atoms with Crippen molar-refractivity contribution in [2.45, 2.75) is 95.6 Å². The van der Waals surface area contributed by atoms with Gasteiger partial charge in [-0.15, -0.1) is 0 Å². The van der Waals surface area contributed by atoms with Crippen molar-refractivity contribution < 1.29 is 32.6 Å². The zero-order chi connectivity index (χ0) is 33.8. The summed E-state index contributed by atoms with van der Waals surface area (Å²) in [5, 5.41) is 0.403. The highest BCUT2D eigenvalue weighted by Gasteiger charge is 2.49. The molecule has 1 unspecified atom stereocenters. The van der Waals surface area contributed by atoms with E-state index >= 15 is 4.39 Å². The molecule has 7 rings (SSSR count). The van der Waals surface area contributed by atoms with E-state index < -0.39 is 35.3 Å². The number of aldehydes is 1. The summed E-state index contributed by atoms with van der Waals surface area (Å²) < 4.78 is 48.9. The van der Waals surface area contributed by atoms with E-state index in [1.165, 1.54) is 6.20 Å². The molecule has 4 fully saturated rings. The minimum atomic E-state index is -0.907. The lowest BCUT2D eigenvalue weighted by atomic mass is 9.95. The molecule has 13 heteroatoms. The second-order valence-corrected chi connectivity index (χ2v) is 14.5. The number of likely N-dealkylation sites (tertiary alicyclic amines) is 1. The van der Waals surface area contributed by atoms with E-state index in [4.69, 9.17) is 14.2 Å². The molecule has 4 aliphatic rings. The Morgan fingerprint density at radius 2 is 1.98 bits per heavy atom. The largest absolute Gasteiger partial charge is 0.461 e. The van der Waals surface area contributed by atoms with Crippen LogP contribution in [0.2, 0.25) is 0 Å². The lowest BCUT2D eigenvalue weighted by Crippen LogP contribution is -2.46. The predicted octanol–water partition coefficient (Wildman–Crippen LogP) is 6.39. The summed E-state index contributed by atoms with van der Waals surface area (Å²) in [6.07, 6.45) is 5.22. The summed E-state index contributed by atoms with van der Waals surface area (Å²) in [5.41, 5.74) is -0.388. The van der Waals surface area contributed by atoms with Crippen LogP contribution < -0.4 is 14.4 Å². The average molecular weight is 665 g/mol. The number of hydrogen-bond acceptors (Lipinski definition) is 10. The molecule has 3 aromatic rings. The molecule has 4 aliphatic heterocycles. The number of fused-ring (bicyclic) bond motifs is 2. The first-order valence-electron chi connectivity index (χ1n) is 16.9. The average Bonchev–Trinajstić information content (AvgIpc) is 3.75. The van der Waals surface area contributed by atoms with Gasteiger partial charge in [0.25, 0.3) is 5.88 Å². The summed E-state index contributed by atoms with van der Waals surface area (Å²) >= 11 is 0. The Morgan fingerprint density at radius 3 is 2.71 bits per heavy atom. The molecule has 0 N–H and O–H groups in total. The number of carbonyl (C=O) groups excluding carboxylic acids is 2. The minimum absolute atomic E-state index is 0.0161. The Hall–Kier alpha value is -4.13. The van der Waals surface area contributed by atoms with Crippen LogP contribution in [0, 0.1) is 5.82 Å². The van der Waals surface area contributed by atoms with Gasteiger partial charge in [0.1, 0.15) is 35.5 Å². The Morgan fingerprint density at radius 1 is 1.15 bits per heavy atom. The second-order valence-electron chi connectivity index (χ2n) is 14.5. The molecule has 48 heavy (non-hydrogen) atoms. The lowest BCUT2D eigenvalue weighted by Gasteiger charge is -2.40. The molecular weight excluding hydrogens is 622 g/mol. The van der Waals surface area contributed by atoms with Crippen molar-refractivity contribution in [1.82, 2.24) is 24.8 Å². The first kappa shape index (κ1) is 32.4. The van der Waals surface area contributed by atoms with Gasteiger partial charge < -0.3 is 24.0 Å². The molecule has 11 nitrogen and oxygen atoms in total. The molecule has 1 amide bonds. The number of alkyl halides is 1. The van der Waals surface area contributed by atoms with Crippen LogP contribution in [-0.4, -0.2) is 93.3 Å². The van der Waals surface area contributed by atoms with E-state index in [-0.39, 0.29) is 41.4 Å². The van der Waals surface area contributed by atoms with Crippen molar-refractivity contribution in [3.8, 4) is 17.6 Å².